The second-order valence-corrected chi connectivity index (χ2v) is 0. The molecule has 0 aromatic rings. The molecular formula is H8AlFLiN. The van der Waals surface area contributed by atoms with Gasteiger partial charge in [0.1, 0.15) is 0 Å². The first-order valence-corrected chi connectivity index (χ1v) is 0. The Labute approximate surface area is 48.9 Å². The minimum Gasteiger partial charge on any atom is -1.00 e. The SMILES string of the molecule is F.N.[AlH3].[H-].[Li+]. The molecule has 0 fully saturated rings. The van der Waals surface area contributed by atoms with E-state index >= 15 is 0 Å². The maximum atomic E-state index is 0. The van der Waals surface area contributed by atoms with Crippen LogP contribution >= 0.6 is 0 Å². The topological polar surface area (TPSA) is 35.0 Å². The summed E-state index contributed by atoms with van der Waals surface area (Å²) >= 11 is 0. The van der Waals surface area contributed by atoms with E-state index in [4.69, 9.17) is 0 Å². The van der Waals surface area contributed by atoms with Gasteiger partial charge in [-0.15, -0.1) is 0 Å². The average molecular weight is 75.0 g/mol. The molecule has 0 atom stereocenters. The van der Waals surface area contributed by atoms with Crippen molar-refractivity contribution < 1.29 is 25.0 Å². The average Bonchev–Trinajstić information content (AvgIpc) is 0. The normalized spacial score (nSPS) is 0. The molecule has 0 spiro atoms. The number of hydrogen-bond acceptors (Lipinski definition) is 1. The summed E-state index contributed by atoms with van der Waals surface area (Å²) in [6, 6.07) is 0. The zero-order chi connectivity index (χ0) is 0. The van der Waals surface area contributed by atoms with Crippen molar-refractivity contribution in [1.29, 1.82) is 0 Å². The first-order valence-electron chi connectivity index (χ1n) is 0. The summed E-state index contributed by atoms with van der Waals surface area (Å²) in [4.78, 5) is 0. The molecule has 0 bridgehead atoms. The van der Waals surface area contributed by atoms with Crippen molar-refractivity contribution in [1.82, 2.24) is 6.15 Å². The van der Waals surface area contributed by atoms with Gasteiger partial charge in [-0.05, 0) is 0 Å². The van der Waals surface area contributed by atoms with Crippen LogP contribution in [0.5, 0.6) is 0 Å². The molecule has 0 aliphatic carbocycles. The van der Waals surface area contributed by atoms with Gasteiger partial charge in [-0.25, -0.2) is 0 Å². The van der Waals surface area contributed by atoms with Crippen LogP contribution in [0.15, 0.2) is 0 Å². The van der Waals surface area contributed by atoms with Crippen LogP contribution in [0, 0.1) is 0 Å². The van der Waals surface area contributed by atoms with E-state index in [0.717, 1.165) is 0 Å². The first-order chi connectivity index (χ1) is 0. The molecule has 24 valence electrons. The van der Waals surface area contributed by atoms with Crippen LogP contribution in [0.25, 0.3) is 0 Å². The second-order valence-electron chi connectivity index (χ2n) is 0. The molecule has 0 amide bonds. The molecule has 4 heteroatoms. The number of rotatable bonds is 0. The molecule has 0 radical (unpaired) electrons. The first kappa shape index (κ1) is 78.0. The van der Waals surface area contributed by atoms with Crippen LogP contribution in [0.1, 0.15) is 1.43 Å². The van der Waals surface area contributed by atoms with Crippen LogP contribution in [0.2, 0.25) is 0 Å². The molecule has 4 heavy (non-hydrogen) atoms. The smallest absolute Gasteiger partial charge is 1.00 e. The number of hydrogen-bond donors (Lipinski definition) is 1. The van der Waals surface area contributed by atoms with E-state index < -0.39 is 0 Å². The molecule has 1 nitrogen and oxygen atoms in total. The fourth-order valence-corrected chi connectivity index (χ4v) is 0. The van der Waals surface area contributed by atoms with Crippen molar-refractivity contribution in [2.75, 3.05) is 0 Å². The Morgan fingerprint density at radius 1 is 1.25 bits per heavy atom. The van der Waals surface area contributed by atoms with Crippen LogP contribution in [0.3, 0.4) is 0 Å². The third-order valence-corrected chi connectivity index (χ3v) is 0. The van der Waals surface area contributed by atoms with Gasteiger partial charge in [0, 0.05) is 0 Å². The van der Waals surface area contributed by atoms with E-state index in [9.17, 15) is 0 Å². The van der Waals surface area contributed by atoms with Gasteiger partial charge < -0.3 is 7.58 Å². The third-order valence-electron chi connectivity index (χ3n) is 0. The maximum Gasteiger partial charge on any atom is 1.00 e. The predicted octanol–water partition coefficient (Wildman–Crippen LogP) is -3.75. The molecule has 0 aromatic carbocycles. The van der Waals surface area contributed by atoms with Gasteiger partial charge >= 0.3 is 18.9 Å². The fraction of sp³-hybridized carbons (Fsp3) is 0. The second kappa shape index (κ2) is 35.2. The molecule has 0 aromatic heterocycles. The van der Waals surface area contributed by atoms with Gasteiger partial charge in [0.05, 0.1) is 0 Å². The van der Waals surface area contributed by atoms with Gasteiger partial charge in [-0.1, -0.05) is 0 Å². The van der Waals surface area contributed by atoms with Crippen molar-refractivity contribution >= 4 is 17.4 Å². The summed E-state index contributed by atoms with van der Waals surface area (Å²) in [6.07, 6.45) is 0. The Balaban J connectivity index is 0. The molecule has 3 N–H and O–H groups in total. The van der Waals surface area contributed by atoms with Gasteiger partial charge in [-0.2, -0.15) is 0 Å². The summed E-state index contributed by atoms with van der Waals surface area (Å²) in [6.45, 7) is 0. The predicted molar refractivity (Wildman–Crippen MR) is 18.6 cm³/mol. The summed E-state index contributed by atoms with van der Waals surface area (Å²) in [5.74, 6) is 0. The largest absolute Gasteiger partial charge is 1.00 e. The zero-order valence-corrected chi connectivity index (χ0v) is 2.12. The minimum atomic E-state index is 0. The Morgan fingerprint density at radius 3 is 1.25 bits per heavy atom. The minimum absolute atomic E-state index is 0. The van der Waals surface area contributed by atoms with E-state index in [1.54, 1.807) is 0 Å². The van der Waals surface area contributed by atoms with Crippen molar-refractivity contribution in [2.45, 2.75) is 0 Å². The van der Waals surface area contributed by atoms with Gasteiger partial charge in [0.25, 0.3) is 0 Å². The summed E-state index contributed by atoms with van der Waals surface area (Å²) in [7, 11) is 0. The van der Waals surface area contributed by atoms with Gasteiger partial charge in [-0.3, -0.25) is 4.70 Å². The standard InChI is InChI=1S/Al.FH.Li.H3N.4H/h;1H;;1H3;;;;/q;;+1;;;;;-1. The van der Waals surface area contributed by atoms with E-state index in [0.29, 0.717) is 0 Å². The molecule has 0 aliphatic heterocycles. The quantitative estimate of drug-likeness (QED) is 0.295. The maximum absolute atomic E-state index is 0. The fourth-order valence-electron chi connectivity index (χ4n) is 0. The third kappa shape index (κ3) is 11.8. The van der Waals surface area contributed by atoms with Crippen molar-refractivity contribution in [3.8, 4) is 0 Å². The monoisotopic (exact) mass is 75.1 g/mol. The summed E-state index contributed by atoms with van der Waals surface area (Å²) < 4.78 is 0. The molecule has 0 aliphatic rings. The van der Waals surface area contributed by atoms with Crippen LogP contribution in [-0.4, -0.2) is 17.4 Å². The molecule has 0 saturated heterocycles. The Bertz CT molecular complexity index is 11.6. The van der Waals surface area contributed by atoms with Crippen molar-refractivity contribution in [2.24, 2.45) is 0 Å². The van der Waals surface area contributed by atoms with Crippen LogP contribution in [-0.2, 0) is 0 Å². The van der Waals surface area contributed by atoms with Crippen LogP contribution < -0.4 is 25.0 Å². The van der Waals surface area contributed by atoms with Crippen molar-refractivity contribution in [3.63, 3.8) is 0 Å². The molecular weight excluding hydrogens is 66.9 g/mol. The van der Waals surface area contributed by atoms with Crippen LogP contribution in [0.4, 0.5) is 4.70 Å². The van der Waals surface area contributed by atoms with E-state index in [1.165, 1.54) is 0 Å². The molecule has 0 heterocycles. The summed E-state index contributed by atoms with van der Waals surface area (Å²) in [5, 5.41) is 0. The Kier molecular flexibility index (Phi) is 687. The molecule has 0 saturated carbocycles. The van der Waals surface area contributed by atoms with Gasteiger partial charge in [0.2, 0.25) is 0 Å². The number of halogens is 1. The molecule has 0 unspecified atom stereocenters. The van der Waals surface area contributed by atoms with E-state index in [2.05, 4.69) is 0 Å². The zero-order valence-electron chi connectivity index (χ0n) is 3.12. The van der Waals surface area contributed by atoms with E-state index in [1.807, 2.05) is 0 Å². The summed E-state index contributed by atoms with van der Waals surface area (Å²) in [5.41, 5.74) is 0. The molecule has 0 rings (SSSR count). The van der Waals surface area contributed by atoms with E-state index in [-0.39, 0.29) is 48.5 Å². The van der Waals surface area contributed by atoms with Gasteiger partial charge in [0.15, 0.2) is 17.4 Å². The van der Waals surface area contributed by atoms with Crippen molar-refractivity contribution in [3.05, 3.63) is 0 Å². The Morgan fingerprint density at radius 2 is 1.25 bits per heavy atom. The Hall–Kier alpha value is 1.02.